The lowest BCUT2D eigenvalue weighted by atomic mass is 10.0. The highest BCUT2D eigenvalue weighted by Crippen LogP contribution is 2.43. The third-order valence-corrected chi connectivity index (χ3v) is 8.16. The molecule has 39 heavy (non-hydrogen) atoms. The van der Waals surface area contributed by atoms with Crippen LogP contribution in [0.15, 0.2) is 53.6 Å². The van der Waals surface area contributed by atoms with E-state index in [0.717, 1.165) is 29.9 Å². The van der Waals surface area contributed by atoms with Gasteiger partial charge in [-0.3, -0.25) is 8.87 Å². The fraction of sp³-hybridized carbons (Fsp3) is 0.370. The molecule has 11 nitrogen and oxygen atoms in total. The number of rotatable bonds is 9. The van der Waals surface area contributed by atoms with Crippen LogP contribution < -0.4 is 19.8 Å². The summed E-state index contributed by atoms with van der Waals surface area (Å²) in [6, 6.07) is 10.2. The Balaban J connectivity index is 1.49. The van der Waals surface area contributed by atoms with Crippen LogP contribution in [-0.2, 0) is 18.3 Å². The predicted molar refractivity (Wildman–Crippen MR) is 155 cm³/mol. The zero-order valence-corrected chi connectivity index (χ0v) is 23.5. The number of nitrogens with zero attached hydrogens (tertiary/aromatic N) is 8. The zero-order valence-electron chi connectivity index (χ0n) is 22.6. The van der Waals surface area contributed by atoms with E-state index in [2.05, 4.69) is 9.97 Å². The van der Waals surface area contributed by atoms with Gasteiger partial charge < -0.3 is 14.9 Å². The fourth-order valence-electron chi connectivity index (χ4n) is 5.22. The largest absolute Gasteiger partial charge is 0.480 e. The summed E-state index contributed by atoms with van der Waals surface area (Å²) in [5.41, 5.74) is 3.43. The number of anilines is 3. The maximum absolute atomic E-state index is 12.9. The molecule has 12 heteroatoms. The molecule has 4 aromatic rings. The van der Waals surface area contributed by atoms with Crippen molar-refractivity contribution in [1.29, 1.82) is 0 Å². The van der Waals surface area contributed by atoms with Crippen LogP contribution >= 0.6 is 11.9 Å². The number of hydrogen-bond acceptors (Lipinski definition) is 9. The molecule has 2 unspecified atom stereocenters. The molecule has 0 amide bonds. The standard InChI is InChI=1S/C27H32N8O3S/c1-6-32(7-2)26-29-16-22-24(30-26)33(17(3)35(22)39-5)21(25(36)37)15-18-10-12-19(13-11-18)34-23-20(9-8-14-28-23)31(4)27(34)38/h8-14,16-17,21H,6-7,15H2,1-5H3,(H,36,37). The number of aliphatic carboxylic acids is 1. The van der Waals surface area contributed by atoms with Gasteiger partial charge in [-0.1, -0.05) is 24.1 Å². The SMILES string of the molecule is CCN(CC)c1ncc2c(n1)N(C(Cc1ccc(-n3c(=O)n(C)c4cccnc43)cc1)C(=O)O)C(C)N2SC. The summed E-state index contributed by atoms with van der Waals surface area (Å²) in [6.45, 7) is 7.57. The van der Waals surface area contributed by atoms with Crippen LogP contribution in [0.3, 0.4) is 0 Å². The van der Waals surface area contributed by atoms with Gasteiger partial charge in [-0.2, -0.15) is 4.98 Å². The summed E-state index contributed by atoms with van der Waals surface area (Å²) in [6.07, 6.45) is 5.42. The van der Waals surface area contributed by atoms with Crippen LogP contribution in [-0.4, -0.2) is 66.7 Å². The molecule has 0 saturated heterocycles. The normalized spacial score (nSPS) is 15.6. The molecule has 0 radical (unpaired) electrons. The Morgan fingerprint density at radius 1 is 1.15 bits per heavy atom. The van der Waals surface area contributed by atoms with E-state index in [1.807, 2.05) is 71.5 Å². The summed E-state index contributed by atoms with van der Waals surface area (Å²) in [7, 11) is 1.72. The fourth-order valence-corrected chi connectivity index (χ4v) is 5.95. The van der Waals surface area contributed by atoms with Crippen molar-refractivity contribution in [3.05, 3.63) is 64.8 Å². The molecule has 0 bridgehead atoms. The van der Waals surface area contributed by atoms with Gasteiger partial charge in [-0.05, 0) is 50.6 Å². The minimum Gasteiger partial charge on any atom is -0.480 e. The van der Waals surface area contributed by atoms with E-state index < -0.39 is 12.0 Å². The average Bonchev–Trinajstić information content (AvgIpc) is 3.37. The van der Waals surface area contributed by atoms with E-state index in [4.69, 9.17) is 4.98 Å². The summed E-state index contributed by atoms with van der Waals surface area (Å²) < 4.78 is 5.17. The first kappa shape index (κ1) is 26.5. The van der Waals surface area contributed by atoms with Crippen molar-refractivity contribution < 1.29 is 9.90 Å². The number of aromatic nitrogens is 5. The monoisotopic (exact) mass is 548 g/mol. The van der Waals surface area contributed by atoms with Crippen molar-refractivity contribution >= 4 is 46.5 Å². The highest BCUT2D eigenvalue weighted by Gasteiger charge is 2.42. The van der Waals surface area contributed by atoms with Gasteiger partial charge in [0.25, 0.3) is 0 Å². The van der Waals surface area contributed by atoms with Crippen molar-refractivity contribution in [2.45, 2.75) is 39.4 Å². The lowest BCUT2D eigenvalue weighted by molar-refractivity contribution is -0.138. The Morgan fingerprint density at radius 2 is 1.87 bits per heavy atom. The number of carboxylic acids is 1. The van der Waals surface area contributed by atoms with Crippen LogP contribution in [0.5, 0.6) is 0 Å². The van der Waals surface area contributed by atoms with Crippen molar-refractivity contribution in [2.24, 2.45) is 7.05 Å². The quantitative estimate of drug-likeness (QED) is 0.313. The van der Waals surface area contributed by atoms with Gasteiger partial charge in [0.05, 0.1) is 17.4 Å². The maximum atomic E-state index is 12.9. The highest BCUT2D eigenvalue weighted by atomic mass is 32.2. The third-order valence-electron chi connectivity index (χ3n) is 7.27. The minimum atomic E-state index is -0.933. The molecule has 0 spiro atoms. The summed E-state index contributed by atoms with van der Waals surface area (Å²) in [5, 5.41) is 10.4. The van der Waals surface area contributed by atoms with Gasteiger partial charge in [-0.15, -0.1) is 0 Å². The van der Waals surface area contributed by atoms with Crippen molar-refractivity contribution in [3.8, 4) is 5.69 Å². The number of hydrogen-bond donors (Lipinski definition) is 1. The second kappa shape index (κ2) is 10.6. The van der Waals surface area contributed by atoms with E-state index in [9.17, 15) is 14.7 Å². The molecule has 5 rings (SSSR count). The van der Waals surface area contributed by atoms with E-state index in [0.29, 0.717) is 23.1 Å². The van der Waals surface area contributed by atoms with E-state index in [-0.39, 0.29) is 18.3 Å². The van der Waals surface area contributed by atoms with Crippen molar-refractivity contribution in [2.75, 3.05) is 33.5 Å². The number of carbonyl (C=O) groups is 1. The summed E-state index contributed by atoms with van der Waals surface area (Å²) >= 11 is 1.52. The van der Waals surface area contributed by atoms with E-state index in [1.54, 1.807) is 34.6 Å². The molecular weight excluding hydrogens is 516 g/mol. The van der Waals surface area contributed by atoms with E-state index >= 15 is 0 Å². The number of fused-ring (bicyclic) bond motifs is 2. The van der Waals surface area contributed by atoms with Gasteiger partial charge in [0.15, 0.2) is 11.5 Å². The van der Waals surface area contributed by atoms with Gasteiger partial charge >= 0.3 is 11.7 Å². The number of imidazole rings is 1. The molecule has 3 aromatic heterocycles. The molecule has 0 fully saturated rings. The number of aryl methyl sites for hydroxylation is 1. The number of benzene rings is 1. The summed E-state index contributed by atoms with van der Waals surface area (Å²) in [4.78, 5) is 43.3. The van der Waals surface area contributed by atoms with Crippen molar-refractivity contribution in [3.63, 3.8) is 0 Å². The highest BCUT2D eigenvalue weighted by molar-refractivity contribution is 8.00. The second-order valence-corrected chi connectivity index (χ2v) is 10.1. The second-order valence-electron chi connectivity index (χ2n) is 9.35. The van der Waals surface area contributed by atoms with Crippen LogP contribution in [0.4, 0.5) is 17.5 Å². The van der Waals surface area contributed by atoms with Crippen LogP contribution in [0.1, 0.15) is 26.3 Å². The number of carboxylic acid groups (broad SMARTS) is 1. The van der Waals surface area contributed by atoms with E-state index in [1.165, 1.54) is 11.9 Å². The molecule has 1 aliphatic rings. The Hall–Kier alpha value is -4.06. The Labute approximate surface area is 230 Å². The molecule has 1 aliphatic heterocycles. The Bertz CT molecular complexity index is 1560. The van der Waals surface area contributed by atoms with Crippen molar-refractivity contribution in [1.82, 2.24) is 24.1 Å². The van der Waals surface area contributed by atoms with Gasteiger partial charge in [0, 0.05) is 39.0 Å². The van der Waals surface area contributed by atoms with Crippen LogP contribution in [0.2, 0.25) is 0 Å². The molecule has 0 aliphatic carbocycles. The molecule has 2 atom stereocenters. The first-order valence-electron chi connectivity index (χ1n) is 12.9. The molecule has 1 N–H and O–H groups in total. The van der Waals surface area contributed by atoms with Gasteiger partial charge in [0.1, 0.15) is 17.9 Å². The first-order valence-corrected chi connectivity index (χ1v) is 14.1. The molecular formula is C27H32N8O3S. The lowest BCUT2D eigenvalue weighted by Crippen LogP contribution is -2.49. The van der Waals surface area contributed by atoms with Crippen LogP contribution in [0.25, 0.3) is 16.9 Å². The predicted octanol–water partition coefficient (Wildman–Crippen LogP) is 3.31. The molecule has 1 aromatic carbocycles. The Kier molecular flexibility index (Phi) is 7.21. The van der Waals surface area contributed by atoms with Gasteiger partial charge in [0.2, 0.25) is 5.95 Å². The van der Waals surface area contributed by atoms with Gasteiger partial charge in [-0.25, -0.2) is 24.1 Å². The average molecular weight is 549 g/mol. The topological polar surface area (TPSA) is 113 Å². The van der Waals surface area contributed by atoms with Crippen LogP contribution in [0, 0.1) is 0 Å². The smallest absolute Gasteiger partial charge is 0.334 e. The number of pyridine rings is 1. The molecule has 204 valence electrons. The summed E-state index contributed by atoms with van der Waals surface area (Å²) in [5.74, 6) is 0.269. The third kappa shape index (κ3) is 4.48. The lowest BCUT2D eigenvalue weighted by Gasteiger charge is -2.32. The minimum absolute atomic E-state index is 0.191. The molecule has 4 heterocycles. The Morgan fingerprint density at radius 3 is 2.51 bits per heavy atom. The zero-order chi connectivity index (χ0) is 27.8. The maximum Gasteiger partial charge on any atom is 0.334 e. The first-order chi connectivity index (χ1) is 18.8. The molecule has 0 saturated carbocycles.